The van der Waals surface area contributed by atoms with Crippen LogP contribution in [0.3, 0.4) is 0 Å². The van der Waals surface area contributed by atoms with E-state index in [9.17, 15) is 4.79 Å². The van der Waals surface area contributed by atoms with Gasteiger partial charge in [0.25, 0.3) is 0 Å². The minimum absolute atomic E-state index is 0.172. The number of rotatable bonds is 5. The van der Waals surface area contributed by atoms with Gasteiger partial charge in [0.1, 0.15) is 6.04 Å². The van der Waals surface area contributed by atoms with Gasteiger partial charge in [-0.05, 0) is 35.7 Å². The summed E-state index contributed by atoms with van der Waals surface area (Å²) in [5, 5.41) is 3.65. The minimum atomic E-state index is -0.661. The van der Waals surface area contributed by atoms with E-state index in [1.807, 2.05) is 55.5 Å². The van der Waals surface area contributed by atoms with Crippen LogP contribution in [-0.2, 0) is 10.2 Å². The lowest BCUT2D eigenvalue weighted by Crippen LogP contribution is -2.41. The third kappa shape index (κ3) is 4.34. The van der Waals surface area contributed by atoms with Gasteiger partial charge < -0.3 is 11.1 Å². The molecule has 2 aromatic carbocycles. The molecule has 122 valence electrons. The van der Waals surface area contributed by atoms with Gasteiger partial charge >= 0.3 is 0 Å². The topological polar surface area (TPSA) is 55.1 Å². The lowest BCUT2D eigenvalue weighted by molar-refractivity contribution is -0.122. The van der Waals surface area contributed by atoms with Gasteiger partial charge in [-0.3, -0.25) is 4.79 Å². The molecule has 3 nitrogen and oxygen atoms in total. The molecule has 0 bridgehead atoms. The number of benzene rings is 2. The molecule has 0 aromatic heterocycles. The third-order valence-corrected chi connectivity index (χ3v) is 4.35. The number of nitrogens with two attached hydrogens (primary N) is 1. The highest BCUT2D eigenvalue weighted by atomic mass is 35.5. The van der Waals surface area contributed by atoms with Crippen LogP contribution in [0.4, 0.5) is 0 Å². The summed E-state index contributed by atoms with van der Waals surface area (Å²) in [6.45, 7) is 6.58. The zero-order chi connectivity index (χ0) is 17.0. The molecule has 0 saturated heterocycles. The van der Waals surface area contributed by atoms with E-state index in [0.717, 1.165) is 16.7 Å². The Kier molecular flexibility index (Phi) is 5.45. The highest BCUT2D eigenvalue weighted by molar-refractivity contribution is 6.30. The van der Waals surface area contributed by atoms with Gasteiger partial charge in [-0.2, -0.15) is 0 Å². The van der Waals surface area contributed by atoms with Crippen LogP contribution in [0.1, 0.15) is 36.6 Å². The van der Waals surface area contributed by atoms with Crippen molar-refractivity contribution in [3.63, 3.8) is 0 Å². The summed E-state index contributed by atoms with van der Waals surface area (Å²) in [6.07, 6.45) is 0. The highest BCUT2D eigenvalue weighted by Crippen LogP contribution is 2.25. The zero-order valence-electron chi connectivity index (χ0n) is 13.8. The molecule has 0 radical (unpaired) electrons. The second-order valence-corrected chi connectivity index (χ2v) is 6.88. The SMILES string of the molecule is Cc1ccccc1C(N)C(=O)NCC(C)(C)c1cccc(Cl)c1. The number of aryl methyl sites for hydroxylation is 1. The summed E-state index contributed by atoms with van der Waals surface area (Å²) < 4.78 is 0. The van der Waals surface area contributed by atoms with Crippen molar-refractivity contribution >= 4 is 17.5 Å². The first kappa shape index (κ1) is 17.5. The van der Waals surface area contributed by atoms with Crippen LogP contribution in [-0.4, -0.2) is 12.5 Å². The van der Waals surface area contributed by atoms with E-state index in [0.29, 0.717) is 11.6 Å². The second-order valence-electron chi connectivity index (χ2n) is 6.45. The molecular weight excluding hydrogens is 308 g/mol. The molecule has 0 saturated carbocycles. The molecule has 0 fully saturated rings. The summed E-state index contributed by atoms with van der Waals surface area (Å²) >= 11 is 6.05. The Hall–Kier alpha value is -1.84. The fraction of sp³-hybridized carbons (Fsp3) is 0.316. The van der Waals surface area contributed by atoms with Gasteiger partial charge in [0.2, 0.25) is 5.91 Å². The van der Waals surface area contributed by atoms with Gasteiger partial charge in [0, 0.05) is 17.0 Å². The van der Waals surface area contributed by atoms with Gasteiger partial charge in [-0.15, -0.1) is 0 Å². The Labute approximate surface area is 142 Å². The zero-order valence-corrected chi connectivity index (χ0v) is 14.5. The first-order chi connectivity index (χ1) is 10.8. The summed E-state index contributed by atoms with van der Waals surface area (Å²) in [4.78, 5) is 12.4. The predicted molar refractivity (Wildman–Crippen MR) is 95.6 cm³/mol. The van der Waals surface area contributed by atoms with Crippen molar-refractivity contribution in [1.82, 2.24) is 5.32 Å². The quantitative estimate of drug-likeness (QED) is 0.877. The van der Waals surface area contributed by atoms with Crippen molar-refractivity contribution in [2.45, 2.75) is 32.2 Å². The van der Waals surface area contributed by atoms with Crippen molar-refractivity contribution in [2.24, 2.45) is 5.73 Å². The van der Waals surface area contributed by atoms with Gasteiger partial charge in [-0.1, -0.05) is 61.8 Å². The number of nitrogens with one attached hydrogen (secondary N) is 1. The van der Waals surface area contributed by atoms with Crippen LogP contribution >= 0.6 is 11.6 Å². The largest absolute Gasteiger partial charge is 0.354 e. The molecule has 1 atom stereocenters. The number of hydrogen-bond donors (Lipinski definition) is 2. The number of halogens is 1. The summed E-state index contributed by atoms with van der Waals surface area (Å²) in [5.41, 5.74) is 8.82. The monoisotopic (exact) mass is 330 g/mol. The molecule has 0 aliphatic carbocycles. The minimum Gasteiger partial charge on any atom is -0.354 e. The van der Waals surface area contributed by atoms with Crippen LogP contribution in [0.15, 0.2) is 48.5 Å². The maximum Gasteiger partial charge on any atom is 0.241 e. The Morgan fingerprint density at radius 1 is 1.22 bits per heavy atom. The molecule has 23 heavy (non-hydrogen) atoms. The Morgan fingerprint density at radius 2 is 1.91 bits per heavy atom. The first-order valence-corrected chi connectivity index (χ1v) is 8.04. The third-order valence-electron chi connectivity index (χ3n) is 4.12. The van der Waals surface area contributed by atoms with E-state index in [4.69, 9.17) is 17.3 Å². The van der Waals surface area contributed by atoms with Gasteiger partial charge in [0.15, 0.2) is 0 Å². The fourth-order valence-electron chi connectivity index (χ4n) is 2.51. The van der Waals surface area contributed by atoms with E-state index in [2.05, 4.69) is 19.2 Å². The molecule has 0 aliphatic heterocycles. The lowest BCUT2D eigenvalue weighted by atomic mass is 9.84. The predicted octanol–water partition coefficient (Wildman–Crippen LogP) is 3.74. The van der Waals surface area contributed by atoms with E-state index in [-0.39, 0.29) is 11.3 Å². The van der Waals surface area contributed by atoms with Gasteiger partial charge in [-0.25, -0.2) is 0 Å². The molecule has 0 heterocycles. The van der Waals surface area contributed by atoms with Crippen molar-refractivity contribution in [1.29, 1.82) is 0 Å². The van der Waals surface area contributed by atoms with E-state index < -0.39 is 6.04 Å². The summed E-state index contributed by atoms with van der Waals surface area (Å²) in [5.74, 6) is -0.172. The Balaban J connectivity index is 2.05. The van der Waals surface area contributed by atoms with Gasteiger partial charge in [0.05, 0.1) is 0 Å². The Morgan fingerprint density at radius 3 is 2.57 bits per heavy atom. The first-order valence-electron chi connectivity index (χ1n) is 7.66. The maximum atomic E-state index is 12.4. The summed E-state index contributed by atoms with van der Waals surface area (Å²) in [7, 11) is 0. The molecule has 0 aliphatic rings. The van der Waals surface area contributed by atoms with E-state index in [1.54, 1.807) is 0 Å². The average molecular weight is 331 g/mol. The highest BCUT2D eigenvalue weighted by Gasteiger charge is 2.24. The second kappa shape index (κ2) is 7.16. The molecular formula is C19H23ClN2O. The van der Waals surface area contributed by atoms with Crippen molar-refractivity contribution in [2.75, 3.05) is 6.54 Å². The van der Waals surface area contributed by atoms with Crippen LogP contribution < -0.4 is 11.1 Å². The number of hydrogen-bond acceptors (Lipinski definition) is 2. The van der Waals surface area contributed by atoms with Crippen molar-refractivity contribution in [3.8, 4) is 0 Å². The van der Waals surface area contributed by atoms with Crippen LogP contribution in [0.5, 0.6) is 0 Å². The average Bonchev–Trinajstić information content (AvgIpc) is 2.52. The fourth-order valence-corrected chi connectivity index (χ4v) is 2.70. The number of carbonyl (C=O) groups is 1. The molecule has 0 spiro atoms. The maximum absolute atomic E-state index is 12.4. The molecule has 4 heteroatoms. The molecule has 2 rings (SSSR count). The lowest BCUT2D eigenvalue weighted by Gasteiger charge is -2.27. The van der Waals surface area contributed by atoms with E-state index >= 15 is 0 Å². The molecule has 1 unspecified atom stereocenters. The molecule has 1 amide bonds. The van der Waals surface area contributed by atoms with Crippen LogP contribution in [0.25, 0.3) is 0 Å². The molecule has 2 aromatic rings. The van der Waals surface area contributed by atoms with E-state index in [1.165, 1.54) is 0 Å². The number of amides is 1. The molecule has 3 N–H and O–H groups in total. The van der Waals surface area contributed by atoms with Crippen molar-refractivity contribution < 1.29 is 4.79 Å². The smallest absolute Gasteiger partial charge is 0.241 e. The standard InChI is InChI=1S/C19H23ClN2O/c1-13-7-4-5-10-16(13)17(21)18(23)22-12-19(2,3)14-8-6-9-15(20)11-14/h4-11,17H,12,21H2,1-3H3,(H,22,23). The normalized spacial score (nSPS) is 12.7. The van der Waals surface area contributed by atoms with Crippen LogP contribution in [0.2, 0.25) is 5.02 Å². The Bertz CT molecular complexity index is 697. The summed E-state index contributed by atoms with van der Waals surface area (Å²) in [6, 6.07) is 14.7. The number of carbonyl (C=O) groups excluding carboxylic acids is 1. The van der Waals surface area contributed by atoms with Crippen molar-refractivity contribution in [3.05, 3.63) is 70.2 Å². The van der Waals surface area contributed by atoms with Crippen LogP contribution in [0, 0.1) is 6.92 Å².